The highest BCUT2D eigenvalue weighted by molar-refractivity contribution is 7.09. The summed E-state index contributed by atoms with van der Waals surface area (Å²) in [6.07, 6.45) is 0.767. The van der Waals surface area contributed by atoms with E-state index < -0.39 is 0 Å². The van der Waals surface area contributed by atoms with E-state index in [4.69, 9.17) is 10.3 Å². The third kappa shape index (κ3) is 2.48. The van der Waals surface area contributed by atoms with Crippen molar-refractivity contribution in [2.45, 2.75) is 13.3 Å². The maximum Gasteiger partial charge on any atom is 0.277 e. The molecule has 6 heteroatoms. The summed E-state index contributed by atoms with van der Waals surface area (Å²) >= 11 is 1.56. The van der Waals surface area contributed by atoms with Crippen LogP contribution in [0.2, 0.25) is 0 Å². The molecule has 0 aliphatic rings. The van der Waals surface area contributed by atoms with Gasteiger partial charge in [-0.2, -0.15) is 4.98 Å². The maximum absolute atomic E-state index is 5.52. The molecule has 3 rings (SSSR count). The van der Waals surface area contributed by atoms with Crippen LogP contribution >= 0.6 is 11.3 Å². The van der Waals surface area contributed by atoms with E-state index in [0.29, 0.717) is 24.0 Å². The predicted octanol–water partition coefficient (Wildman–Crippen LogP) is 2.67. The molecule has 3 aromatic rings. The van der Waals surface area contributed by atoms with Gasteiger partial charge in [0.05, 0.1) is 5.01 Å². The van der Waals surface area contributed by atoms with E-state index in [0.717, 1.165) is 22.6 Å². The van der Waals surface area contributed by atoms with E-state index in [9.17, 15) is 0 Å². The lowest BCUT2D eigenvalue weighted by Crippen LogP contribution is -2.01. The molecule has 0 radical (unpaired) electrons. The average Bonchev–Trinajstić information content (AvgIpc) is 3.08. The van der Waals surface area contributed by atoms with Gasteiger partial charge in [0.2, 0.25) is 5.82 Å². The molecule has 2 N–H and O–H groups in total. The molecule has 1 aromatic carbocycles. The van der Waals surface area contributed by atoms with Crippen LogP contribution in [0.4, 0.5) is 0 Å². The van der Waals surface area contributed by atoms with Crippen molar-refractivity contribution in [3.63, 3.8) is 0 Å². The molecule has 20 heavy (non-hydrogen) atoms. The molecule has 102 valence electrons. The first-order chi connectivity index (χ1) is 9.78. The molecule has 0 aliphatic carbocycles. The minimum absolute atomic E-state index is 0.447. The van der Waals surface area contributed by atoms with Gasteiger partial charge in [-0.15, -0.1) is 11.3 Å². The summed E-state index contributed by atoms with van der Waals surface area (Å²) in [5, 5.41) is 6.93. The zero-order valence-corrected chi connectivity index (χ0v) is 11.9. The second-order valence-electron chi connectivity index (χ2n) is 4.40. The zero-order chi connectivity index (χ0) is 13.9. The molecular weight excluding hydrogens is 272 g/mol. The zero-order valence-electron chi connectivity index (χ0n) is 11.0. The fraction of sp³-hybridized carbons (Fsp3) is 0.214. The van der Waals surface area contributed by atoms with Crippen molar-refractivity contribution in [2.75, 3.05) is 6.54 Å². The van der Waals surface area contributed by atoms with E-state index in [-0.39, 0.29) is 0 Å². The van der Waals surface area contributed by atoms with Crippen molar-refractivity contribution in [1.82, 2.24) is 15.1 Å². The number of hydrogen-bond donors (Lipinski definition) is 1. The number of nitrogens with zero attached hydrogens (tertiary/aromatic N) is 3. The highest BCUT2D eigenvalue weighted by atomic mass is 32.1. The Bertz CT molecular complexity index is 719. The summed E-state index contributed by atoms with van der Waals surface area (Å²) in [5.41, 5.74) is 8.32. The Balaban J connectivity index is 1.91. The monoisotopic (exact) mass is 286 g/mol. The Kier molecular flexibility index (Phi) is 3.58. The SMILES string of the molecule is Cc1ccccc1-c1noc(-c2csc(CCN)n2)n1. The van der Waals surface area contributed by atoms with Crippen LogP contribution in [-0.4, -0.2) is 21.7 Å². The molecule has 2 heterocycles. The minimum Gasteiger partial charge on any atom is -0.332 e. The fourth-order valence-corrected chi connectivity index (χ4v) is 2.70. The smallest absolute Gasteiger partial charge is 0.277 e. The standard InChI is InChI=1S/C14H14N4OS/c1-9-4-2-3-5-10(9)13-17-14(19-18-13)11-8-20-12(16-11)6-7-15/h2-5,8H,6-7,15H2,1H3. The molecule has 0 saturated carbocycles. The molecule has 0 atom stereocenters. The van der Waals surface area contributed by atoms with E-state index in [1.54, 1.807) is 11.3 Å². The summed E-state index contributed by atoms with van der Waals surface area (Å²) in [4.78, 5) is 8.86. The second kappa shape index (κ2) is 5.52. The predicted molar refractivity (Wildman–Crippen MR) is 78.3 cm³/mol. The molecule has 0 fully saturated rings. The van der Waals surface area contributed by atoms with Crippen LogP contribution in [0, 0.1) is 6.92 Å². The maximum atomic E-state index is 5.52. The molecule has 2 aromatic heterocycles. The van der Waals surface area contributed by atoms with E-state index in [1.165, 1.54) is 0 Å². The summed E-state index contributed by atoms with van der Waals surface area (Å²) in [6.45, 7) is 2.61. The number of benzene rings is 1. The Morgan fingerprint density at radius 2 is 2.10 bits per heavy atom. The Morgan fingerprint density at radius 3 is 2.90 bits per heavy atom. The van der Waals surface area contributed by atoms with Gasteiger partial charge in [-0.3, -0.25) is 0 Å². The van der Waals surface area contributed by atoms with Crippen LogP contribution in [0.25, 0.3) is 23.0 Å². The van der Waals surface area contributed by atoms with E-state index in [2.05, 4.69) is 15.1 Å². The number of aromatic nitrogens is 3. The van der Waals surface area contributed by atoms with Gasteiger partial charge in [0.25, 0.3) is 5.89 Å². The van der Waals surface area contributed by atoms with Crippen molar-refractivity contribution in [3.8, 4) is 23.0 Å². The van der Waals surface area contributed by atoms with Crippen molar-refractivity contribution >= 4 is 11.3 Å². The van der Waals surface area contributed by atoms with E-state index >= 15 is 0 Å². The van der Waals surface area contributed by atoms with Gasteiger partial charge in [0, 0.05) is 17.4 Å². The van der Waals surface area contributed by atoms with Crippen LogP contribution in [0.15, 0.2) is 34.2 Å². The number of rotatable bonds is 4. The van der Waals surface area contributed by atoms with E-state index in [1.807, 2.05) is 36.6 Å². The second-order valence-corrected chi connectivity index (χ2v) is 5.35. The summed E-state index contributed by atoms with van der Waals surface area (Å²) < 4.78 is 5.30. The number of aryl methyl sites for hydroxylation is 1. The largest absolute Gasteiger partial charge is 0.332 e. The van der Waals surface area contributed by atoms with Crippen LogP contribution in [0.5, 0.6) is 0 Å². The Morgan fingerprint density at radius 1 is 1.25 bits per heavy atom. The topological polar surface area (TPSA) is 77.8 Å². The molecule has 0 saturated heterocycles. The minimum atomic E-state index is 0.447. The molecule has 0 amide bonds. The molecular formula is C14H14N4OS. The molecule has 0 spiro atoms. The first-order valence-corrected chi connectivity index (χ1v) is 7.20. The highest BCUT2D eigenvalue weighted by Gasteiger charge is 2.14. The Labute approximate surface area is 120 Å². The number of thiazole rings is 1. The van der Waals surface area contributed by atoms with Gasteiger partial charge in [0.1, 0.15) is 5.69 Å². The molecule has 5 nitrogen and oxygen atoms in total. The summed E-state index contributed by atoms with van der Waals surface area (Å²) in [5.74, 6) is 1.04. The lowest BCUT2D eigenvalue weighted by atomic mass is 10.1. The average molecular weight is 286 g/mol. The first kappa shape index (κ1) is 13.0. The quantitative estimate of drug-likeness (QED) is 0.797. The van der Waals surface area contributed by atoms with Crippen molar-refractivity contribution in [3.05, 3.63) is 40.2 Å². The highest BCUT2D eigenvalue weighted by Crippen LogP contribution is 2.25. The van der Waals surface area contributed by atoms with Gasteiger partial charge >= 0.3 is 0 Å². The normalized spacial score (nSPS) is 10.9. The van der Waals surface area contributed by atoms with Gasteiger partial charge in [-0.25, -0.2) is 4.98 Å². The molecule has 0 unspecified atom stereocenters. The lowest BCUT2D eigenvalue weighted by molar-refractivity contribution is 0.431. The van der Waals surface area contributed by atoms with Crippen LogP contribution in [-0.2, 0) is 6.42 Å². The van der Waals surface area contributed by atoms with Gasteiger partial charge in [0.15, 0.2) is 0 Å². The first-order valence-electron chi connectivity index (χ1n) is 6.32. The van der Waals surface area contributed by atoms with Crippen molar-refractivity contribution in [1.29, 1.82) is 0 Å². The van der Waals surface area contributed by atoms with Crippen molar-refractivity contribution in [2.24, 2.45) is 5.73 Å². The van der Waals surface area contributed by atoms with Crippen LogP contribution in [0.3, 0.4) is 0 Å². The van der Waals surface area contributed by atoms with Gasteiger partial charge in [-0.05, 0) is 19.0 Å². The summed E-state index contributed by atoms with van der Waals surface area (Å²) in [7, 11) is 0. The number of nitrogens with two attached hydrogens (primary N) is 1. The fourth-order valence-electron chi connectivity index (χ4n) is 1.91. The van der Waals surface area contributed by atoms with Gasteiger partial charge < -0.3 is 10.3 Å². The summed E-state index contributed by atoms with van der Waals surface area (Å²) in [6, 6.07) is 7.94. The third-order valence-corrected chi connectivity index (χ3v) is 3.85. The lowest BCUT2D eigenvalue weighted by Gasteiger charge is -1.97. The number of hydrogen-bond acceptors (Lipinski definition) is 6. The third-order valence-electron chi connectivity index (χ3n) is 2.94. The van der Waals surface area contributed by atoms with Crippen LogP contribution in [0.1, 0.15) is 10.6 Å². The molecule has 0 aliphatic heterocycles. The van der Waals surface area contributed by atoms with Crippen molar-refractivity contribution < 1.29 is 4.52 Å². The molecule has 0 bridgehead atoms. The Hall–Kier alpha value is -2.05. The van der Waals surface area contributed by atoms with Crippen LogP contribution < -0.4 is 5.73 Å². The van der Waals surface area contributed by atoms with Gasteiger partial charge in [-0.1, -0.05) is 29.4 Å².